The molecule has 1 N–H and O–H groups in total. The van der Waals surface area contributed by atoms with E-state index in [1.165, 1.54) is 7.11 Å². The lowest BCUT2D eigenvalue weighted by molar-refractivity contribution is -0.172. The van der Waals surface area contributed by atoms with E-state index in [4.69, 9.17) is 32.4 Å². The number of carbonyl (C=O) groups is 2. The van der Waals surface area contributed by atoms with E-state index in [-0.39, 0.29) is 28.8 Å². The Hall–Kier alpha value is -3.46. The van der Waals surface area contributed by atoms with Gasteiger partial charge in [-0.05, 0) is 82.9 Å². The van der Waals surface area contributed by atoms with Crippen LogP contribution in [0.4, 0.5) is 0 Å². The highest BCUT2D eigenvalue weighted by molar-refractivity contribution is 6.99. The summed E-state index contributed by atoms with van der Waals surface area (Å²) in [6.45, 7) is 8.34. The number of aliphatic hydroxyl groups is 1. The summed E-state index contributed by atoms with van der Waals surface area (Å²) in [6.07, 6.45) is 2.19. The molecule has 9 heteroatoms. The van der Waals surface area contributed by atoms with Crippen molar-refractivity contribution in [1.29, 1.82) is 0 Å². The average Bonchev–Trinajstić information content (AvgIpc) is 3.98. The summed E-state index contributed by atoms with van der Waals surface area (Å²) in [6, 6.07) is 35.7. The number of hydrogen-bond acceptors (Lipinski definition) is 5. The predicted octanol–water partition coefficient (Wildman–Crippen LogP) is 8.19. The Labute approximate surface area is 319 Å². The van der Waals surface area contributed by atoms with Crippen LogP contribution < -0.4 is 10.4 Å². The number of nitrogens with zero attached hydrogens (tertiary/aromatic N) is 1. The molecule has 1 aliphatic carbocycles. The molecule has 6 rings (SSSR count). The predicted molar refractivity (Wildman–Crippen MR) is 211 cm³/mol. The largest absolute Gasteiger partial charge is 0.469 e. The second-order valence-electron chi connectivity index (χ2n) is 15.6. The van der Waals surface area contributed by atoms with E-state index in [1.54, 1.807) is 0 Å². The third kappa shape index (κ3) is 7.23. The van der Waals surface area contributed by atoms with Gasteiger partial charge in [-0.25, -0.2) is 0 Å². The molecule has 5 atom stereocenters. The lowest BCUT2D eigenvalue weighted by Crippen LogP contribution is -2.68. The molecule has 4 aromatic carbocycles. The van der Waals surface area contributed by atoms with Crippen molar-refractivity contribution in [2.24, 2.45) is 17.3 Å². The van der Waals surface area contributed by atoms with Crippen LogP contribution in [0.2, 0.25) is 15.1 Å². The fourth-order valence-electron chi connectivity index (χ4n) is 8.58. The highest BCUT2D eigenvalue weighted by Gasteiger charge is 2.59. The van der Waals surface area contributed by atoms with E-state index in [1.807, 2.05) is 72.5 Å². The van der Waals surface area contributed by atoms with Crippen LogP contribution >= 0.6 is 23.2 Å². The number of hydrogen-bond donors (Lipinski definition) is 1. The summed E-state index contributed by atoms with van der Waals surface area (Å²) >= 11 is 13.1. The molecule has 1 amide bonds. The number of likely N-dealkylation sites (tertiary alicyclic amines) is 1. The Kier molecular flexibility index (Phi) is 11.4. The van der Waals surface area contributed by atoms with E-state index >= 15 is 4.79 Å². The summed E-state index contributed by atoms with van der Waals surface area (Å²) in [7, 11) is -1.69. The molecule has 274 valence electrons. The Bertz CT molecular complexity index is 1810. The summed E-state index contributed by atoms with van der Waals surface area (Å²) in [5, 5.41) is 14.0. The molecule has 1 unspecified atom stereocenters. The van der Waals surface area contributed by atoms with Crippen LogP contribution in [-0.4, -0.2) is 56.6 Å². The van der Waals surface area contributed by atoms with E-state index < -0.39 is 38.3 Å². The number of ether oxygens (including phenoxy) is 1. The van der Waals surface area contributed by atoms with Crippen LogP contribution in [-0.2, 0) is 18.8 Å². The maximum atomic E-state index is 15.5. The summed E-state index contributed by atoms with van der Waals surface area (Å²) in [4.78, 5) is 30.9. The van der Waals surface area contributed by atoms with Crippen molar-refractivity contribution in [3.63, 3.8) is 0 Å². The highest BCUT2D eigenvalue weighted by atomic mass is 35.5. The van der Waals surface area contributed by atoms with Crippen molar-refractivity contribution in [3.05, 3.63) is 130 Å². The number of piperidine rings is 1. The monoisotopic (exact) mass is 757 g/mol. The topological polar surface area (TPSA) is 76.1 Å². The van der Waals surface area contributed by atoms with Crippen molar-refractivity contribution in [1.82, 2.24) is 4.90 Å². The first-order chi connectivity index (χ1) is 24.9. The number of benzene rings is 4. The standard InChI is InChI=1S/C43H49Cl2NO5Si/c1-42(2,3)52(34-15-8-6-9-16-34,35-17-10-7-11-18-35)51-28-38(29-19-20-29)46-39(30-21-23-32(44)24-22-30)36(31-13-12-14-33(45)25-31)26-43(4,41(46)49)37(27-47)40(48)50-5/h6-18,21-25,29,36-39,47H,19-20,26-28H2,1-5H3/t36-,37?,38-,39-,43-/m1/s1. The number of methoxy groups -OCH3 is 1. The number of aliphatic hydroxyl groups excluding tert-OH is 1. The second kappa shape index (κ2) is 15.5. The van der Waals surface area contributed by atoms with Crippen molar-refractivity contribution < 1.29 is 23.9 Å². The van der Waals surface area contributed by atoms with E-state index in [0.29, 0.717) is 23.1 Å². The van der Waals surface area contributed by atoms with Gasteiger partial charge in [0.25, 0.3) is 8.32 Å². The number of carbonyl (C=O) groups excluding carboxylic acids is 2. The Balaban J connectivity index is 1.55. The zero-order valence-corrected chi connectivity index (χ0v) is 33.1. The molecular formula is C43H49Cl2NO5Si. The number of esters is 1. The third-order valence-corrected chi connectivity index (χ3v) is 16.9. The smallest absolute Gasteiger partial charge is 0.312 e. The quantitative estimate of drug-likeness (QED) is 0.117. The first kappa shape index (κ1) is 38.3. The minimum Gasteiger partial charge on any atom is -0.469 e. The molecule has 0 radical (unpaired) electrons. The average molecular weight is 759 g/mol. The van der Waals surface area contributed by atoms with Crippen LogP contribution in [0.15, 0.2) is 109 Å². The van der Waals surface area contributed by atoms with Crippen LogP contribution in [0.5, 0.6) is 0 Å². The van der Waals surface area contributed by atoms with Gasteiger partial charge in [0, 0.05) is 16.0 Å². The van der Waals surface area contributed by atoms with Gasteiger partial charge >= 0.3 is 5.97 Å². The SMILES string of the molecule is COC(=O)C(CO)[C@@]1(C)C[C@H](c2cccc(Cl)c2)[C@@H](c2ccc(Cl)cc2)N([C@H](CO[Si](c2ccccc2)(c2ccccc2)C(C)(C)C)C2CC2)C1=O. The molecule has 4 aromatic rings. The molecule has 1 saturated heterocycles. The lowest BCUT2D eigenvalue weighted by atomic mass is 9.63. The molecule has 52 heavy (non-hydrogen) atoms. The van der Waals surface area contributed by atoms with Gasteiger partial charge in [-0.3, -0.25) is 9.59 Å². The molecule has 2 fully saturated rings. The molecule has 2 aliphatic rings. The van der Waals surface area contributed by atoms with Crippen LogP contribution in [0.3, 0.4) is 0 Å². The van der Waals surface area contributed by atoms with E-state index in [0.717, 1.165) is 34.3 Å². The van der Waals surface area contributed by atoms with Gasteiger partial charge in [0.1, 0.15) is 0 Å². The molecule has 0 bridgehead atoms. The van der Waals surface area contributed by atoms with Crippen LogP contribution in [0.25, 0.3) is 0 Å². The second-order valence-corrected chi connectivity index (χ2v) is 20.8. The van der Waals surface area contributed by atoms with Gasteiger partial charge in [0.15, 0.2) is 0 Å². The maximum Gasteiger partial charge on any atom is 0.312 e. The minimum atomic E-state index is -2.99. The molecule has 1 saturated carbocycles. The van der Waals surface area contributed by atoms with Crippen molar-refractivity contribution in [2.75, 3.05) is 20.3 Å². The third-order valence-electron chi connectivity index (χ3n) is 11.4. The molecule has 6 nitrogen and oxygen atoms in total. The molecule has 0 aromatic heterocycles. The van der Waals surface area contributed by atoms with E-state index in [9.17, 15) is 9.90 Å². The van der Waals surface area contributed by atoms with Gasteiger partial charge < -0.3 is 19.2 Å². The van der Waals surface area contributed by atoms with Gasteiger partial charge in [-0.1, -0.05) is 129 Å². The van der Waals surface area contributed by atoms with Crippen molar-refractivity contribution >= 4 is 53.8 Å². The molecule has 0 spiro atoms. The van der Waals surface area contributed by atoms with E-state index in [2.05, 4.69) is 69.3 Å². The summed E-state index contributed by atoms with van der Waals surface area (Å²) < 4.78 is 12.8. The number of rotatable bonds is 12. The molecule has 1 heterocycles. The molecule has 1 aliphatic heterocycles. The van der Waals surface area contributed by atoms with Crippen LogP contribution in [0, 0.1) is 17.3 Å². The number of amides is 1. The summed E-state index contributed by atoms with van der Waals surface area (Å²) in [5.41, 5.74) is 0.585. The molecular weight excluding hydrogens is 709 g/mol. The zero-order valence-electron chi connectivity index (χ0n) is 30.6. The lowest BCUT2D eigenvalue weighted by Gasteiger charge is -2.54. The zero-order chi connectivity index (χ0) is 37.3. The van der Waals surface area contributed by atoms with Crippen molar-refractivity contribution in [3.8, 4) is 0 Å². The minimum absolute atomic E-state index is 0.185. The Morgan fingerprint density at radius 1 is 0.885 bits per heavy atom. The fraction of sp³-hybridized carbons (Fsp3) is 0.395. The van der Waals surface area contributed by atoms with Crippen molar-refractivity contribution in [2.45, 2.75) is 70.0 Å². The van der Waals surface area contributed by atoms with Gasteiger partial charge in [-0.2, -0.15) is 0 Å². The van der Waals surface area contributed by atoms with Crippen LogP contribution in [0.1, 0.15) is 70.0 Å². The Morgan fingerprint density at radius 3 is 1.98 bits per heavy atom. The van der Waals surface area contributed by atoms with Gasteiger partial charge in [-0.15, -0.1) is 0 Å². The fourth-order valence-corrected chi connectivity index (χ4v) is 13.5. The highest BCUT2D eigenvalue weighted by Crippen LogP contribution is 2.55. The first-order valence-electron chi connectivity index (χ1n) is 18.1. The number of halogens is 2. The normalized spacial score (nSPS) is 22.2. The maximum absolute atomic E-state index is 15.5. The van der Waals surface area contributed by atoms with Gasteiger partial charge in [0.2, 0.25) is 5.91 Å². The summed E-state index contributed by atoms with van der Waals surface area (Å²) in [5.74, 6) is -1.98. The van der Waals surface area contributed by atoms with Gasteiger partial charge in [0.05, 0.1) is 43.7 Å². The Morgan fingerprint density at radius 2 is 1.48 bits per heavy atom. The first-order valence-corrected chi connectivity index (χ1v) is 20.8.